The van der Waals surface area contributed by atoms with Crippen molar-refractivity contribution in [2.75, 3.05) is 19.7 Å². The number of aromatic amines is 1. The average Bonchev–Trinajstić information content (AvgIpc) is 3.60. The monoisotopic (exact) mass is 483 g/mol. The molecule has 10 nitrogen and oxygen atoms in total. The highest BCUT2D eigenvalue weighted by Gasteiger charge is 2.50. The summed E-state index contributed by atoms with van der Waals surface area (Å²) in [7, 11) is 0. The Morgan fingerprint density at radius 2 is 2.11 bits per heavy atom. The van der Waals surface area contributed by atoms with Gasteiger partial charge in [0.15, 0.2) is 0 Å². The van der Waals surface area contributed by atoms with E-state index in [2.05, 4.69) is 21.7 Å². The van der Waals surface area contributed by atoms with E-state index in [0.717, 1.165) is 25.7 Å². The second-order valence-corrected chi connectivity index (χ2v) is 9.74. The topological polar surface area (TPSA) is 144 Å². The van der Waals surface area contributed by atoms with E-state index < -0.39 is 18.1 Å². The van der Waals surface area contributed by atoms with Crippen LogP contribution < -0.4 is 10.6 Å². The predicted octanol–water partition coefficient (Wildman–Crippen LogP) is 1.67. The molecule has 35 heavy (non-hydrogen) atoms. The molecular weight excluding hydrogens is 450 g/mol. The van der Waals surface area contributed by atoms with Crippen LogP contribution in [0.5, 0.6) is 0 Å². The van der Waals surface area contributed by atoms with E-state index in [1.54, 1.807) is 18.7 Å². The molecule has 3 aliphatic rings. The molecule has 1 aromatic heterocycles. The van der Waals surface area contributed by atoms with Crippen LogP contribution >= 0.6 is 0 Å². The minimum absolute atomic E-state index is 0.00203. The van der Waals surface area contributed by atoms with Gasteiger partial charge in [0.2, 0.25) is 11.8 Å². The van der Waals surface area contributed by atoms with Crippen molar-refractivity contribution in [1.29, 1.82) is 5.26 Å². The van der Waals surface area contributed by atoms with Crippen LogP contribution in [0.25, 0.3) is 0 Å². The Labute approximate surface area is 204 Å². The summed E-state index contributed by atoms with van der Waals surface area (Å²) >= 11 is 0. The number of nitrogens with zero attached hydrogens (tertiary/aromatic N) is 2. The van der Waals surface area contributed by atoms with Gasteiger partial charge in [-0.15, -0.1) is 0 Å². The number of rotatable bonds is 8. The normalized spacial score (nSPS) is 26.1. The van der Waals surface area contributed by atoms with Crippen LogP contribution in [0, 0.1) is 36.0 Å². The van der Waals surface area contributed by atoms with Crippen molar-refractivity contribution in [3.8, 4) is 6.07 Å². The number of ether oxygens (including phenoxy) is 1. The molecule has 0 spiro atoms. The summed E-state index contributed by atoms with van der Waals surface area (Å²) in [6.45, 7) is 4.76. The van der Waals surface area contributed by atoms with Crippen LogP contribution in [0.3, 0.4) is 0 Å². The standard InChI is InChI=1S/C25H33N5O5/c1-3-35-25(34)19-11-20(28-14(19)2)24(33)30-13-16-5-4-6-18(16)21(30)23(32)29-17(12-26)8-7-15-9-10-27-22(15)31/h11,15-18,21,28H,3-10,13H2,1-2H3,(H,27,31)(H,29,32)/t15-,16+,17+,18+,21+/m1/s1. The molecule has 4 rings (SSSR count). The summed E-state index contributed by atoms with van der Waals surface area (Å²) < 4.78 is 5.07. The first-order valence-electron chi connectivity index (χ1n) is 12.5. The van der Waals surface area contributed by atoms with Crippen molar-refractivity contribution >= 4 is 23.7 Å². The number of carbonyl (C=O) groups is 4. The van der Waals surface area contributed by atoms with E-state index in [4.69, 9.17) is 4.74 Å². The summed E-state index contributed by atoms with van der Waals surface area (Å²) in [5.74, 6) is -1.02. The molecule has 1 saturated carbocycles. The molecule has 2 aliphatic heterocycles. The van der Waals surface area contributed by atoms with E-state index in [-0.39, 0.29) is 47.8 Å². The van der Waals surface area contributed by atoms with Crippen molar-refractivity contribution in [2.24, 2.45) is 17.8 Å². The highest BCUT2D eigenvalue weighted by Crippen LogP contribution is 2.43. The Hall–Kier alpha value is -3.35. The fraction of sp³-hybridized carbons (Fsp3) is 0.640. The maximum absolute atomic E-state index is 13.5. The van der Waals surface area contributed by atoms with E-state index in [9.17, 15) is 24.4 Å². The van der Waals surface area contributed by atoms with Gasteiger partial charge < -0.3 is 25.3 Å². The van der Waals surface area contributed by atoms with Crippen molar-refractivity contribution in [1.82, 2.24) is 20.5 Å². The summed E-state index contributed by atoms with van der Waals surface area (Å²) in [6, 6.07) is 2.23. The number of aryl methyl sites for hydroxylation is 1. The number of amides is 3. The van der Waals surface area contributed by atoms with Gasteiger partial charge in [0.25, 0.3) is 5.91 Å². The number of nitriles is 1. The van der Waals surface area contributed by atoms with Gasteiger partial charge in [-0.05, 0) is 63.9 Å². The molecule has 1 aromatic rings. The lowest BCUT2D eigenvalue weighted by molar-refractivity contribution is -0.126. The molecule has 0 unspecified atom stereocenters. The molecule has 0 bridgehead atoms. The number of aromatic nitrogens is 1. The van der Waals surface area contributed by atoms with Gasteiger partial charge in [-0.3, -0.25) is 14.4 Å². The zero-order valence-electron chi connectivity index (χ0n) is 20.3. The molecular formula is C25H33N5O5. The third kappa shape index (κ3) is 5.04. The Morgan fingerprint density at radius 3 is 2.80 bits per heavy atom. The molecule has 2 saturated heterocycles. The van der Waals surface area contributed by atoms with Crippen LogP contribution in [0.4, 0.5) is 0 Å². The van der Waals surface area contributed by atoms with Crippen LogP contribution in [0.1, 0.15) is 72.0 Å². The van der Waals surface area contributed by atoms with Crippen LogP contribution in [-0.2, 0) is 14.3 Å². The number of fused-ring (bicyclic) bond motifs is 1. The second kappa shape index (κ2) is 10.5. The van der Waals surface area contributed by atoms with Crippen LogP contribution in [-0.4, -0.2) is 65.4 Å². The van der Waals surface area contributed by atoms with E-state index in [1.807, 2.05) is 0 Å². The van der Waals surface area contributed by atoms with Crippen molar-refractivity contribution in [3.05, 3.63) is 23.0 Å². The van der Waals surface area contributed by atoms with Gasteiger partial charge in [0.05, 0.1) is 18.2 Å². The summed E-state index contributed by atoms with van der Waals surface area (Å²) in [6.07, 6.45) is 4.46. The maximum Gasteiger partial charge on any atom is 0.339 e. The number of H-pyrrole nitrogens is 1. The SMILES string of the molecule is CCOC(=O)c1cc(C(=O)N2C[C@@H]3CCC[C@@H]3[C@H]2C(=O)N[C@H](C#N)CC[C@@H]2CCNC2=O)[nH]c1C. The molecule has 3 N–H and O–H groups in total. The second-order valence-electron chi connectivity index (χ2n) is 9.74. The van der Waals surface area contributed by atoms with Gasteiger partial charge in [-0.1, -0.05) is 6.42 Å². The first-order valence-corrected chi connectivity index (χ1v) is 12.5. The summed E-state index contributed by atoms with van der Waals surface area (Å²) in [5.41, 5.74) is 1.08. The fourth-order valence-corrected chi connectivity index (χ4v) is 5.81. The minimum atomic E-state index is -0.726. The third-order valence-electron chi connectivity index (χ3n) is 7.60. The molecule has 3 amide bonds. The zero-order valence-corrected chi connectivity index (χ0v) is 20.3. The lowest BCUT2D eigenvalue weighted by Crippen LogP contribution is -2.51. The lowest BCUT2D eigenvalue weighted by Gasteiger charge is -2.27. The van der Waals surface area contributed by atoms with Gasteiger partial charge in [0.1, 0.15) is 17.8 Å². The van der Waals surface area contributed by atoms with Crippen molar-refractivity contribution in [2.45, 2.75) is 64.5 Å². The Balaban J connectivity index is 1.48. The maximum atomic E-state index is 13.5. The van der Waals surface area contributed by atoms with Gasteiger partial charge in [0, 0.05) is 24.7 Å². The van der Waals surface area contributed by atoms with Gasteiger partial charge in [-0.25, -0.2) is 4.79 Å². The number of likely N-dealkylation sites (tertiary alicyclic amines) is 1. The molecule has 5 atom stereocenters. The molecule has 0 aromatic carbocycles. The summed E-state index contributed by atoms with van der Waals surface area (Å²) in [4.78, 5) is 55.5. The first kappa shape index (κ1) is 24.8. The summed E-state index contributed by atoms with van der Waals surface area (Å²) in [5, 5.41) is 15.3. The predicted molar refractivity (Wildman–Crippen MR) is 125 cm³/mol. The van der Waals surface area contributed by atoms with Gasteiger partial charge in [-0.2, -0.15) is 5.26 Å². The molecule has 3 heterocycles. The number of esters is 1. The number of hydrogen-bond acceptors (Lipinski definition) is 6. The van der Waals surface area contributed by atoms with Crippen LogP contribution in [0.15, 0.2) is 6.07 Å². The minimum Gasteiger partial charge on any atom is -0.462 e. The zero-order chi connectivity index (χ0) is 25.1. The molecule has 1 aliphatic carbocycles. The highest BCUT2D eigenvalue weighted by molar-refractivity contribution is 6.00. The fourth-order valence-electron chi connectivity index (χ4n) is 5.81. The quantitative estimate of drug-likeness (QED) is 0.480. The molecule has 0 radical (unpaired) electrons. The van der Waals surface area contributed by atoms with E-state index in [1.165, 1.54) is 6.07 Å². The third-order valence-corrected chi connectivity index (χ3v) is 7.60. The van der Waals surface area contributed by atoms with Crippen molar-refractivity contribution in [3.63, 3.8) is 0 Å². The smallest absolute Gasteiger partial charge is 0.339 e. The first-order chi connectivity index (χ1) is 16.8. The van der Waals surface area contributed by atoms with E-state index >= 15 is 0 Å². The average molecular weight is 484 g/mol. The number of nitrogens with one attached hydrogen (secondary N) is 3. The molecule has 10 heteroatoms. The Bertz CT molecular complexity index is 1040. The molecule has 3 fully saturated rings. The van der Waals surface area contributed by atoms with Crippen LogP contribution in [0.2, 0.25) is 0 Å². The lowest BCUT2D eigenvalue weighted by atomic mass is 9.93. The number of hydrogen-bond donors (Lipinski definition) is 3. The van der Waals surface area contributed by atoms with Crippen molar-refractivity contribution < 1.29 is 23.9 Å². The Morgan fingerprint density at radius 1 is 1.31 bits per heavy atom. The Kier molecular flexibility index (Phi) is 7.43. The van der Waals surface area contributed by atoms with Gasteiger partial charge >= 0.3 is 5.97 Å². The largest absolute Gasteiger partial charge is 0.462 e. The van der Waals surface area contributed by atoms with E-state index in [0.29, 0.717) is 37.2 Å². The number of carbonyl (C=O) groups excluding carboxylic acids is 4. The highest BCUT2D eigenvalue weighted by atomic mass is 16.5. The molecule has 188 valence electrons.